The van der Waals surface area contributed by atoms with E-state index < -0.39 is 12.7 Å². The molecule has 1 aromatic carbocycles. The van der Waals surface area contributed by atoms with Gasteiger partial charge in [0.2, 0.25) is 0 Å². The molecule has 0 bridgehead atoms. The molecule has 0 aliphatic rings. The Bertz CT molecular complexity index is 383. The summed E-state index contributed by atoms with van der Waals surface area (Å²) in [6.07, 6.45) is -0.428. The van der Waals surface area contributed by atoms with Gasteiger partial charge in [0.25, 0.3) is 0 Å². The zero-order valence-electron chi connectivity index (χ0n) is 11.5. The van der Waals surface area contributed by atoms with Crippen LogP contribution in [0.15, 0.2) is 24.3 Å². The molecule has 0 spiro atoms. The Hall–Kier alpha value is -1.20. The van der Waals surface area contributed by atoms with Crippen molar-refractivity contribution in [1.82, 2.24) is 4.90 Å². The van der Waals surface area contributed by atoms with Gasteiger partial charge in [-0.1, -0.05) is 12.1 Å². The fourth-order valence-corrected chi connectivity index (χ4v) is 1.85. The van der Waals surface area contributed by atoms with E-state index in [9.17, 15) is 13.9 Å². The minimum atomic E-state index is -2.81. The molecule has 1 rings (SSSR count). The first-order valence-electron chi connectivity index (χ1n) is 6.34. The molecule has 3 nitrogen and oxygen atoms in total. The maximum Gasteiger partial charge on any atom is 0.387 e. The molecule has 0 fully saturated rings. The second-order valence-electron chi connectivity index (χ2n) is 4.90. The lowest BCUT2D eigenvalue weighted by Crippen LogP contribution is -2.36. The number of halogens is 2. The van der Waals surface area contributed by atoms with Crippen LogP contribution in [-0.2, 0) is 6.54 Å². The molecule has 0 amide bonds. The summed E-state index contributed by atoms with van der Waals surface area (Å²) in [6, 6.07) is 6.91. The van der Waals surface area contributed by atoms with Gasteiger partial charge in [0.1, 0.15) is 5.75 Å². The Labute approximate surface area is 112 Å². The number of aliphatic hydroxyl groups excluding tert-OH is 1. The Balaban J connectivity index is 2.73. The number of rotatable bonds is 7. The fourth-order valence-electron chi connectivity index (χ4n) is 1.85. The summed E-state index contributed by atoms with van der Waals surface area (Å²) in [5.74, 6) is 0.160. The molecule has 108 valence electrons. The van der Waals surface area contributed by atoms with E-state index in [1.165, 1.54) is 6.07 Å². The van der Waals surface area contributed by atoms with E-state index in [4.69, 9.17) is 0 Å². The molecule has 0 saturated carbocycles. The van der Waals surface area contributed by atoms with Crippen molar-refractivity contribution in [3.05, 3.63) is 29.8 Å². The van der Waals surface area contributed by atoms with Gasteiger partial charge in [-0.3, -0.25) is 4.90 Å². The molecule has 5 heteroatoms. The van der Waals surface area contributed by atoms with Crippen molar-refractivity contribution >= 4 is 0 Å². The predicted molar refractivity (Wildman–Crippen MR) is 70.3 cm³/mol. The second kappa shape index (κ2) is 7.40. The summed E-state index contributed by atoms with van der Waals surface area (Å²) in [4.78, 5) is 2.08. The number of ether oxygens (including phenoxy) is 1. The number of nitrogens with zero attached hydrogens (tertiary/aromatic N) is 1. The number of aliphatic hydroxyl groups is 1. The Morgan fingerprint density at radius 1 is 1.26 bits per heavy atom. The van der Waals surface area contributed by atoms with Crippen molar-refractivity contribution in [1.29, 1.82) is 0 Å². The van der Waals surface area contributed by atoms with Gasteiger partial charge >= 0.3 is 6.61 Å². The average molecular weight is 273 g/mol. The van der Waals surface area contributed by atoms with Crippen LogP contribution < -0.4 is 4.74 Å². The second-order valence-corrected chi connectivity index (χ2v) is 4.90. The highest BCUT2D eigenvalue weighted by molar-refractivity contribution is 5.28. The van der Waals surface area contributed by atoms with Crippen LogP contribution in [0.1, 0.15) is 26.3 Å². The lowest BCUT2D eigenvalue weighted by Gasteiger charge is -2.27. The largest absolute Gasteiger partial charge is 0.435 e. The van der Waals surface area contributed by atoms with E-state index in [1.54, 1.807) is 19.1 Å². The van der Waals surface area contributed by atoms with Crippen molar-refractivity contribution in [3.63, 3.8) is 0 Å². The monoisotopic (exact) mass is 273 g/mol. The van der Waals surface area contributed by atoms with Crippen molar-refractivity contribution in [2.75, 3.05) is 6.54 Å². The van der Waals surface area contributed by atoms with Crippen LogP contribution >= 0.6 is 0 Å². The molecule has 0 aliphatic heterocycles. The molecular weight excluding hydrogens is 252 g/mol. The van der Waals surface area contributed by atoms with Crippen molar-refractivity contribution in [2.24, 2.45) is 0 Å². The number of hydrogen-bond acceptors (Lipinski definition) is 3. The SMILES string of the molecule is CC(O)CN(Cc1cccc(OC(F)F)c1)C(C)C. The number of alkyl halides is 2. The molecule has 19 heavy (non-hydrogen) atoms. The lowest BCUT2D eigenvalue weighted by atomic mass is 10.1. The van der Waals surface area contributed by atoms with Crippen molar-refractivity contribution < 1.29 is 18.6 Å². The van der Waals surface area contributed by atoms with E-state index >= 15 is 0 Å². The summed E-state index contributed by atoms with van der Waals surface area (Å²) in [5.41, 5.74) is 0.882. The van der Waals surface area contributed by atoms with Crippen LogP contribution in [0.2, 0.25) is 0 Å². The maximum absolute atomic E-state index is 12.1. The van der Waals surface area contributed by atoms with E-state index in [0.29, 0.717) is 13.1 Å². The minimum Gasteiger partial charge on any atom is -0.435 e. The standard InChI is InChI=1S/C14H21F2NO2/c1-10(2)17(8-11(3)18)9-12-5-4-6-13(7-12)19-14(15)16/h4-7,10-11,14,18H,8-9H2,1-3H3. The van der Waals surface area contributed by atoms with Gasteiger partial charge in [-0.05, 0) is 38.5 Å². The molecule has 0 heterocycles. The van der Waals surface area contributed by atoms with Crippen LogP contribution in [0, 0.1) is 0 Å². The molecule has 1 atom stereocenters. The van der Waals surface area contributed by atoms with E-state index in [2.05, 4.69) is 9.64 Å². The minimum absolute atomic E-state index is 0.160. The topological polar surface area (TPSA) is 32.7 Å². The molecule has 0 radical (unpaired) electrons. The average Bonchev–Trinajstić information content (AvgIpc) is 2.26. The number of benzene rings is 1. The Kier molecular flexibility index (Phi) is 6.18. The normalized spacial score (nSPS) is 13.3. The van der Waals surface area contributed by atoms with Crippen LogP contribution in [-0.4, -0.2) is 35.3 Å². The first-order valence-corrected chi connectivity index (χ1v) is 6.34. The summed E-state index contributed by atoms with van der Waals surface area (Å²) in [5, 5.41) is 9.46. The van der Waals surface area contributed by atoms with E-state index in [0.717, 1.165) is 5.56 Å². The number of hydrogen-bond donors (Lipinski definition) is 1. The highest BCUT2D eigenvalue weighted by Crippen LogP contribution is 2.18. The first-order chi connectivity index (χ1) is 8.88. The van der Waals surface area contributed by atoms with Crippen LogP contribution in [0.25, 0.3) is 0 Å². The fraction of sp³-hybridized carbons (Fsp3) is 0.571. The van der Waals surface area contributed by atoms with Gasteiger partial charge in [-0.2, -0.15) is 8.78 Å². The third kappa shape index (κ3) is 5.98. The summed E-state index contributed by atoms with van der Waals surface area (Å²) in [6.45, 7) is 4.10. The maximum atomic E-state index is 12.1. The summed E-state index contributed by atoms with van der Waals surface area (Å²) >= 11 is 0. The quantitative estimate of drug-likeness (QED) is 0.829. The van der Waals surface area contributed by atoms with E-state index in [1.807, 2.05) is 19.9 Å². The predicted octanol–water partition coefficient (Wildman–Crippen LogP) is 2.88. The smallest absolute Gasteiger partial charge is 0.387 e. The van der Waals surface area contributed by atoms with Gasteiger partial charge in [-0.15, -0.1) is 0 Å². The zero-order chi connectivity index (χ0) is 14.4. The lowest BCUT2D eigenvalue weighted by molar-refractivity contribution is -0.0499. The van der Waals surface area contributed by atoms with Gasteiger partial charge in [0.15, 0.2) is 0 Å². The molecule has 0 saturated heterocycles. The zero-order valence-corrected chi connectivity index (χ0v) is 11.5. The summed E-state index contributed by atoms with van der Waals surface area (Å²) in [7, 11) is 0. The molecule has 1 unspecified atom stereocenters. The van der Waals surface area contributed by atoms with Gasteiger partial charge in [0, 0.05) is 19.1 Å². The molecule has 1 N–H and O–H groups in total. The molecule has 0 aliphatic carbocycles. The van der Waals surface area contributed by atoms with E-state index in [-0.39, 0.29) is 11.8 Å². The molecule has 1 aromatic rings. The first kappa shape index (κ1) is 15.9. The third-order valence-electron chi connectivity index (χ3n) is 2.74. The molecular formula is C14H21F2NO2. The van der Waals surface area contributed by atoms with Crippen molar-refractivity contribution in [3.8, 4) is 5.75 Å². The Morgan fingerprint density at radius 2 is 1.95 bits per heavy atom. The van der Waals surface area contributed by atoms with Crippen LogP contribution in [0.4, 0.5) is 8.78 Å². The van der Waals surface area contributed by atoms with Crippen LogP contribution in [0.5, 0.6) is 5.75 Å². The summed E-state index contributed by atoms with van der Waals surface area (Å²) < 4.78 is 28.7. The highest BCUT2D eigenvalue weighted by atomic mass is 19.3. The van der Waals surface area contributed by atoms with Crippen molar-refractivity contribution in [2.45, 2.75) is 46.1 Å². The van der Waals surface area contributed by atoms with Gasteiger partial charge in [0.05, 0.1) is 6.10 Å². The Morgan fingerprint density at radius 3 is 2.47 bits per heavy atom. The molecule has 0 aromatic heterocycles. The van der Waals surface area contributed by atoms with Gasteiger partial charge in [-0.25, -0.2) is 0 Å². The van der Waals surface area contributed by atoms with Crippen LogP contribution in [0.3, 0.4) is 0 Å². The third-order valence-corrected chi connectivity index (χ3v) is 2.74. The van der Waals surface area contributed by atoms with Gasteiger partial charge < -0.3 is 9.84 Å². The highest BCUT2D eigenvalue weighted by Gasteiger charge is 2.13.